The van der Waals surface area contributed by atoms with Gasteiger partial charge < -0.3 is 15.8 Å². The average Bonchev–Trinajstić information content (AvgIpc) is 2.37. The molecule has 0 saturated carbocycles. The number of ether oxygens (including phenoxy) is 1. The van der Waals surface area contributed by atoms with Crippen molar-refractivity contribution >= 4 is 23.1 Å². The average molecular weight is 284 g/mol. The van der Waals surface area contributed by atoms with Crippen molar-refractivity contribution in [2.24, 2.45) is 5.73 Å². The summed E-state index contributed by atoms with van der Waals surface area (Å²) in [5, 5.41) is 2.62. The van der Waals surface area contributed by atoms with Crippen molar-refractivity contribution in [3.8, 4) is 0 Å². The molecule has 1 amide bonds. The summed E-state index contributed by atoms with van der Waals surface area (Å²) in [6.45, 7) is 2.93. The van der Waals surface area contributed by atoms with Gasteiger partial charge in [-0.25, -0.2) is 4.39 Å². The number of carbonyl (C=O) groups excluding carboxylic acids is 1. The molecule has 4 nitrogen and oxygen atoms in total. The summed E-state index contributed by atoms with van der Waals surface area (Å²) in [4.78, 5) is 11.6. The van der Waals surface area contributed by atoms with Gasteiger partial charge in [0, 0.05) is 30.7 Å². The lowest BCUT2D eigenvalue weighted by molar-refractivity contribution is -0.122. The van der Waals surface area contributed by atoms with E-state index in [0.717, 1.165) is 0 Å². The lowest BCUT2D eigenvalue weighted by Gasteiger charge is -2.07. The molecule has 104 valence electrons. The van der Waals surface area contributed by atoms with Crippen LogP contribution in [0.1, 0.15) is 24.5 Å². The zero-order valence-electron chi connectivity index (χ0n) is 10.7. The van der Waals surface area contributed by atoms with Crippen LogP contribution in [-0.4, -0.2) is 24.1 Å². The summed E-state index contributed by atoms with van der Waals surface area (Å²) >= 11 is 4.76. The maximum absolute atomic E-state index is 13.7. The lowest BCUT2D eigenvalue weighted by Crippen LogP contribution is -2.24. The third-order valence-electron chi connectivity index (χ3n) is 2.49. The number of halogens is 1. The van der Waals surface area contributed by atoms with E-state index >= 15 is 0 Å². The van der Waals surface area contributed by atoms with Gasteiger partial charge in [-0.2, -0.15) is 0 Å². The second-order valence-corrected chi connectivity index (χ2v) is 4.33. The van der Waals surface area contributed by atoms with E-state index in [1.165, 1.54) is 6.07 Å². The van der Waals surface area contributed by atoms with Gasteiger partial charge in [0.15, 0.2) is 0 Å². The van der Waals surface area contributed by atoms with Gasteiger partial charge in [0.25, 0.3) is 0 Å². The Balaban J connectivity index is 2.49. The van der Waals surface area contributed by atoms with Gasteiger partial charge in [-0.05, 0) is 13.0 Å². The Bertz CT molecular complexity index is 466. The number of hydrogen-bond acceptors (Lipinski definition) is 3. The van der Waals surface area contributed by atoms with Crippen LogP contribution < -0.4 is 11.1 Å². The highest BCUT2D eigenvalue weighted by molar-refractivity contribution is 7.80. The number of amides is 1. The predicted molar refractivity (Wildman–Crippen MR) is 75.2 cm³/mol. The molecule has 0 aliphatic rings. The quantitative estimate of drug-likeness (QED) is 0.588. The third kappa shape index (κ3) is 5.32. The second kappa shape index (κ2) is 7.81. The van der Waals surface area contributed by atoms with Crippen molar-refractivity contribution in [1.29, 1.82) is 0 Å². The van der Waals surface area contributed by atoms with Crippen molar-refractivity contribution < 1.29 is 13.9 Å². The normalized spacial score (nSPS) is 10.2. The van der Waals surface area contributed by atoms with Crippen LogP contribution in [0.15, 0.2) is 18.2 Å². The Morgan fingerprint density at radius 3 is 2.84 bits per heavy atom. The Hall–Kier alpha value is -1.53. The van der Waals surface area contributed by atoms with Gasteiger partial charge in [0.2, 0.25) is 5.91 Å². The molecule has 1 rings (SSSR count). The van der Waals surface area contributed by atoms with Crippen LogP contribution in [-0.2, 0) is 16.1 Å². The number of hydrogen-bond donors (Lipinski definition) is 2. The van der Waals surface area contributed by atoms with Crippen molar-refractivity contribution in [2.45, 2.75) is 19.9 Å². The van der Waals surface area contributed by atoms with Crippen LogP contribution in [0, 0.1) is 5.82 Å². The molecule has 6 heteroatoms. The van der Waals surface area contributed by atoms with Gasteiger partial charge in [-0.3, -0.25) is 4.79 Å². The van der Waals surface area contributed by atoms with Gasteiger partial charge in [0.05, 0.1) is 6.61 Å². The second-order valence-electron chi connectivity index (χ2n) is 3.89. The van der Waals surface area contributed by atoms with Crippen molar-refractivity contribution in [3.63, 3.8) is 0 Å². The number of carbonyl (C=O) groups is 1. The van der Waals surface area contributed by atoms with Crippen LogP contribution in [0.4, 0.5) is 4.39 Å². The molecule has 0 bridgehead atoms. The molecule has 0 aromatic heterocycles. The maximum Gasteiger partial charge on any atom is 0.222 e. The van der Waals surface area contributed by atoms with Crippen molar-refractivity contribution in [2.75, 3.05) is 13.2 Å². The van der Waals surface area contributed by atoms with Crippen LogP contribution in [0.5, 0.6) is 0 Å². The fourth-order valence-electron chi connectivity index (χ4n) is 1.44. The third-order valence-corrected chi connectivity index (χ3v) is 2.73. The molecule has 1 aromatic carbocycles. The van der Waals surface area contributed by atoms with Crippen molar-refractivity contribution in [3.05, 3.63) is 35.1 Å². The number of benzene rings is 1. The number of rotatable bonds is 7. The summed E-state index contributed by atoms with van der Waals surface area (Å²) in [7, 11) is 0. The van der Waals surface area contributed by atoms with E-state index in [0.29, 0.717) is 24.3 Å². The van der Waals surface area contributed by atoms with Gasteiger partial charge in [0.1, 0.15) is 10.8 Å². The smallest absolute Gasteiger partial charge is 0.222 e. The van der Waals surface area contributed by atoms with E-state index in [4.69, 9.17) is 22.7 Å². The maximum atomic E-state index is 13.7. The van der Waals surface area contributed by atoms with Gasteiger partial charge in [-0.15, -0.1) is 0 Å². The minimum Gasteiger partial charge on any atom is -0.389 e. The highest BCUT2D eigenvalue weighted by atomic mass is 32.1. The minimum absolute atomic E-state index is 0.133. The molecule has 0 unspecified atom stereocenters. The van der Waals surface area contributed by atoms with E-state index in [-0.39, 0.29) is 23.9 Å². The Labute approximate surface area is 117 Å². The Morgan fingerprint density at radius 2 is 2.26 bits per heavy atom. The molecular weight excluding hydrogens is 267 g/mol. The molecular formula is C13H17FN2O2S. The fourth-order valence-corrected chi connectivity index (χ4v) is 1.56. The van der Waals surface area contributed by atoms with E-state index < -0.39 is 5.82 Å². The Kier molecular flexibility index (Phi) is 6.38. The van der Waals surface area contributed by atoms with Crippen LogP contribution in [0.3, 0.4) is 0 Å². The highest BCUT2D eigenvalue weighted by Crippen LogP contribution is 2.10. The van der Waals surface area contributed by atoms with E-state index in [9.17, 15) is 9.18 Å². The first kappa shape index (κ1) is 15.5. The molecule has 0 fully saturated rings. The molecule has 0 aliphatic carbocycles. The lowest BCUT2D eigenvalue weighted by atomic mass is 10.1. The molecule has 19 heavy (non-hydrogen) atoms. The standard InChI is InChI=1S/C13H17FN2O2S/c1-2-18-6-5-12(17)16-8-10-4-3-9(13(15)19)7-11(10)14/h3-4,7H,2,5-6,8H2,1H3,(H2,15,19)(H,16,17). The molecule has 0 heterocycles. The zero-order chi connectivity index (χ0) is 14.3. The summed E-state index contributed by atoms with van der Waals surface area (Å²) in [5.41, 5.74) is 6.27. The van der Waals surface area contributed by atoms with Crippen LogP contribution in [0.2, 0.25) is 0 Å². The van der Waals surface area contributed by atoms with E-state index in [2.05, 4.69) is 5.32 Å². The summed E-state index contributed by atoms with van der Waals surface area (Å²) in [6.07, 6.45) is 0.264. The largest absolute Gasteiger partial charge is 0.389 e. The number of nitrogens with two attached hydrogens (primary N) is 1. The van der Waals surface area contributed by atoms with Gasteiger partial charge in [-0.1, -0.05) is 24.4 Å². The first-order valence-electron chi connectivity index (χ1n) is 5.97. The first-order chi connectivity index (χ1) is 9.04. The molecule has 0 radical (unpaired) electrons. The zero-order valence-corrected chi connectivity index (χ0v) is 11.6. The molecule has 0 spiro atoms. The van der Waals surface area contributed by atoms with E-state index in [1.807, 2.05) is 6.92 Å². The molecule has 1 aromatic rings. The van der Waals surface area contributed by atoms with Crippen LogP contribution in [0.25, 0.3) is 0 Å². The summed E-state index contributed by atoms with van der Waals surface area (Å²) in [5.74, 6) is -0.610. The highest BCUT2D eigenvalue weighted by Gasteiger charge is 2.07. The van der Waals surface area contributed by atoms with Gasteiger partial charge >= 0.3 is 0 Å². The SMILES string of the molecule is CCOCCC(=O)NCc1ccc(C(N)=S)cc1F. The summed E-state index contributed by atoms with van der Waals surface area (Å²) < 4.78 is 18.7. The fraction of sp³-hybridized carbons (Fsp3) is 0.385. The molecule has 0 aliphatic heterocycles. The van der Waals surface area contributed by atoms with Crippen LogP contribution >= 0.6 is 12.2 Å². The van der Waals surface area contributed by atoms with Crippen molar-refractivity contribution in [1.82, 2.24) is 5.32 Å². The number of thiocarbonyl (C=S) groups is 1. The molecule has 0 atom stereocenters. The Morgan fingerprint density at radius 1 is 1.53 bits per heavy atom. The number of nitrogens with one attached hydrogen (secondary N) is 1. The topological polar surface area (TPSA) is 64.3 Å². The molecule has 0 saturated heterocycles. The van der Waals surface area contributed by atoms with E-state index in [1.54, 1.807) is 12.1 Å². The monoisotopic (exact) mass is 284 g/mol. The first-order valence-corrected chi connectivity index (χ1v) is 6.38. The minimum atomic E-state index is -0.435. The predicted octanol–water partition coefficient (Wildman–Crippen LogP) is 1.50. The molecule has 3 N–H and O–H groups in total. The summed E-state index contributed by atoms with van der Waals surface area (Å²) in [6, 6.07) is 4.46.